The Kier molecular flexibility index (Phi) is 3.29. The third-order valence-electron chi connectivity index (χ3n) is 4.09. The smallest absolute Gasteiger partial charge is 0.261 e. The Balaban J connectivity index is 2.30. The summed E-state index contributed by atoms with van der Waals surface area (Å²) in [6.45, 7) is 1.15. The number of aryl methyl sites for hydroxylation is 1. The van der Waals surface area contributed by atoms with Crippen molar-refractivity contribution in [2.24, 2.45) is 0 Å². The van der Waals surface area contributed by atoms with Gasteiger partial charge in [0.25, 0.3) is 5.56 Å². The number of pyridine rings is 1. The fraction of sp³-hybridized carbons (Fsp3) is 0.375. The molecule has 0 bridgehead atoms. The van der Waals surface area contributed by atoms with Crippen LogP contribution < -0.4 is 5.56 Å². The summed E-state index contributed by atoms with van der Waals surface area (Å²) >= 11 is 0. The SMILES string of the molecule is CN(C)CCn1c(O)c2c3c(cccc3c1=O)C(=N)CC2. The van der Waals surface area contributed by atoms with E-state index in [1.165, 1.54) is 4.57 Å². The van der Waals surface area contributed by atoms with E-state index in [-0.39, 0.29) is 11.4 Å². The molecule has 0 saturated heterocycles. The first kappa shape index (κ1) is 13.8. The average Bonchev–Trinajstić information content (AvgIpc) is 2.45. The second-order valence-electron chi connectivity index (χ2n) is 5.77. The molecule has 5 nitrogen and oxygen atoms in total. The number of nitrogens with one attached hydrogen (secondary N) is 1. The van der Waals surface area contributed by atoms with Gasteiger partial charge in [-0.2, -0.15) is 0 Å². The van der Waals surface area contributed by atoms with Crippen LogP contribution in [0.25, 0.3) is 10.8 Å². The molecule has 1 aromatic heterocycles. The molecule has 0 unspecified atom stereocenters. The van der Waals surface area contributed by atoms with E-state index in [0.717, 1.165) is 16.5 Å². The van der Waals surface area contributed by atoms with E-state index in [9.17, 15) is 9.90 Å². The molecule has 0 fully saturated rings. The standard InChI is InChI=1S/C16H19N3O2/c1-18(2)8-9-19-15(20)11-5-3-4-10-13(17)7-6-12(14(10)11)16(19)21/h3-5,17,21H,6-9H2,1-2H3. The highest BCUT2D eigenvalue weighted by molar-refractivity contribution is 6.12. The molecule has 2 N–H and O–H groups in total. The topological polar surface area (TPSA) is 69.3 Å². The predicted octanol–water partition coefficient (Wildman–Crippen LogP) is 1.58. The van der Waals surface area contributed by atoms with Gasteiger partial charge in [0.2, 0.25) is 0 Å². The molecule has 1 aliphatic rings. The molecule has 0 radical (unpaired) electrons. The zero-order valence-corrected chi connectivity index (χ0v) is 12.3. The van der Waals surface area contributed by atoms with Gasteiger partial charge in [-0.3, -0.25) is 9.36 Å². The molecule has 0 amide bonds. The highest BCUT2D eigenvalue weighted by atomic mass is 16.3. The van der Waals surface area contributed by atoms with E-state index in [2.05, 4.69) is 0 Å². The molecule has 5 heteroatoms. The van der Waals surface area contributed by atoms with Crippen molar-refractivity contribution in [1.82, 2.24) is 9.47 Å². The van der Waals surface area contributed by atoms with Crippen molar-refractivity contribution in [3.63, 3.8) is 0 Å². The summed E-state index contributed by atoms with van der Waals surface area (Å²) in [6.07, 6.45) is 1.21. The lowest BCUT2D eigenvalue weighted by Crippen LogP contribution is -2.28. The van der Waals surface area contributed by atoms with Crippen molar-refractivity contribution in [3.8, 4) is 5.88 Å². The van der Waals surface area contributed by atoms with Crippen LogP contribution in [0.4, 0.5) is 0 Å². The van der Waals surface area contributed by atoms with Gasteiger partial charge in [0, 0.05) is 40.7 Å². The lowest BCUT2D eigenvalue weighted by Gasteiger charge is -2.22. The van der Waals surface area contributed by atoms with Crippen LogP contribution in [-0.2, 0) is 13.0 Å². The molecule has 3 rings (SSSR count). The molecule has 1 aromatic carbocycles. The summed E-state index contributed by atoms with van der Waals surface area (Å²) in [7, 11) is 3.87. The number of nitrogens with zero attached hydrogens (tertiary/aromatic N) is 2. The largest absolute Gasteiger partial charge is 0.494 e. The molecule has 110 valence electrons. The van der Waals surface area contributed by atoms with E-state index in [4.69, 9.17) is 5.41 Å². The molecular formula is C16H19N3O2. The first-order valence-corrected chi connectivity index (χ1v) is 7.10. The minimum atomic E-state index is -0.176. The van der Waals surface area contributed by atoms with E-state index < -0.39 is 0 Å². The first-order valence-electron chi connectivity index (χ1n) is 7.10. The van der Waals surface area contributed by atoms with Gasteiger partial charge < -0.3 is 15.4 Å². The van der Waals surface area contributed by atoms with Gasteiger partial charge in [-0.15, -0.1) is 0 Å². The Morgan fingerprint density at radius 2 is 2.10 bits per heavy atom. The lowest BCUT2D eigenvalue weighted by molar-refractivity contribution is 0.348. The van der Waals surface area contributed by atoms with Gasteiger partial charge in [0.05, 0.1) is 0 Å². The van der Waals surface area contributed by atoms with Crippen molar-refractivity contribution >= 4 is 16.5 Å². The van der Waals surface area contributed by atoms with Gasteiger partial charge >= 0.3 is 0 Å². The third kappa shape index (κ3) is 2.14. The van der Waals surface area contributed by atoms with Gasteiger partial charge in [0.1, 0.15) is 0 Å². The maximum atomic E-state index is 12.6. The number of rotatable bonds is 3. The van der Waals surface area contributed by atoms with Gasteiger partial charge in [-0.25, -0.2) is 0 Å². The van der Waals surface area contributed by atoms with E-state index in [1.54, 1.807) is 6.07 Å². The van der Waals surface area contributed by atoms with Gasteiger partial charge in [-0.05, 0) is 33.0 Å². The second kappa shape index (κ2) is 5.00. The highest BCUT2D eigenvalue weighted by Crippen LogP contribution is 2.33. The second-order valence-corrected chi connectivity index (χ2v) is 5.77. The Bertz CT molecular complexity index is 790. The van der Waals surface area contributed by atoms with Crippen LogP contribution in [0, 0.1) is 5.41 Å². The summed E-state index contributed by atoms with van der Waals surface area (Å²) in [5.41, 5.74) is 1.94. The summed E-state index contributed by atoms with van der Waals surface area (Å²) in [6, 6.07) is 5.46. The maximum absolute atomic E-state index is 12.6. The van der Waals surface area contributed by atoms with Crippen LogP contribution >= 0.6 is 0 Å². The van der Waals surface area contributed by atoms with E-state index in [1.807, 2.05) is 31.1 Å². The molecule has 0 spiro atoms. The predicted molar refractivity (Wildman–Crippen MR) is 83.6 cm³/mol. The number of likely N-dealkylation sites (N-methyl/N-ethyl adjacent to an activating group) is 1. The Labute approximate surface area is 122 Å². The minimum absolute atomic E-state index is 0.0642. The number of benzene rings is 1. The van der Waals surface area contributed by atoms with E-state index >= 15 is 0 Å². The Hall–Kier alpha value is -2.14. The van der Waals surface area contributed by atoms with Crippen molar-refractivity contribution in [2.45, 2.75) is 19.4 Å². The highest BCUT2D eigenvalue weighted by Gasteiger charge is 2.23. The van der Waals surface area contributed by atoms with Crippen LogP contribution in [0.3, 0.4) is 0 Å². The van der Waals surface area contributed by atoms with Crippen LogP contribution in [0.2, 0.25) is 0 Å². The first-order chi connectivity index (χ1) is 10.0. The Morgan fingerprint density at radius 1 is 1.33 bits per heavy atom. The molecule has 0 atom stereocenters. The fourth-order valence-corrected chi connectivity index (χ4v) is 2.95. The minimum Gasteiger partial charge on any atom is -0.494 e. The summed E-state index contributed by atoms with van der Waals surface area (Å²) in [5.74, 6) is 0.0642. The third-order valence-corrected chi connectivity index (χ3v) is 4.09. The number of hydrogen-bond donors (Lipinski definition) is 2. The normalized spacial score (nSPS) is 14.1. The summed E-state index contributed by atoms with van der Waals surface area (Å²) in [5, 5.41) is 19.9. The molecule has 21 heavy (non-hydrogen) atoms. The van der Waals surface area contributed by atoms with Gasteiger partial charge in [-0.1, -0.05) is 12.1 Å². The fourth-order valence-electron chi connectivity index (χ4n) is 2.95. The Morgan fingerprint density at radius 3 is 2.81 bits per heavy atom. The van der Waals surface area contributed by atoms with Gasteiger partial charge in [0.15, 0.2) is 5.88 Å². The number of aromatic hydroxyl groups is 1. The average molecular weight is 285 g/mol. The van der Waals surface area contributed by atoms with Crippen LogP contribution in [0.1, 0.15) is 17.5 Å². The van der Waals surface area contributed by atoms with Crippen LogP contribution in [0.15, 0.2) is 23.0 Å². The van der Waals surface area contributed by atoms with Crippen LogP contribution in [0.5, 0.6) is 5.88 Å². The van der Waals surface area contributed by atoms with Crippen LogP contribution in [-0.4, -0.2) is 40.9 Å². The molecule has 0 aliphatic heterocycles. The van der Waals surface area contributed by atoms with Crippen molar-refractivity contribution in [3.05, 3.63) is 39.7 Å². The molecule has 1 heterocycles. The molecule has 1 aliphatic carbocycles. The lowest BCUT2D eigenvalue weighted by atomic mass is 9.88. The quantitative estimate of drug-likeness (QED) is 0.899. The van der Waals surface area contributed by atoms with Crippen molar-refractivity contribution in [2.75, 3.05) is 20.6 Å². The maximum Gasteiger partial charge on any atom is 0.261 e. The van der Waals surface area contributed by atoms with E-state index in [0.29, 0.717) is 37.0 Å². The molecule has 0 saturated carbocycles. The zero-order valence-electron chi connectivity index (χ0n) is 12.3. The summed E-state index contributed by atoms with van der Waals surface area (Å²) < 4.78 is 1.45. The zero-order chi connectivity index (χ0) is 15.1. The molecule has 2 aromatic rings. The summed E-state index contributed by atoms with van der Waals surface area (Å²) in [4.78, 5) is 14.6. The van der Waals surface area contributed by atoms with Crippen molar-refractivity contribution in [1.29, 1.82) is 5.41 Å². The number of hydrogen-bond acceptors (Lipinski definition) is 4. The van der Waals surface area contributed by atoms with Crippen molar-refractivity contribution < 1.29 is 5.11 Å². The monoisotopic (exact) mass is 285 g/mol. The number of aromatic nitrogens is 1. The molecular weight excluding hydrogens is 266 g/mol.